The van der Waals surface area contributed by atoms with Gasteiger partial charge in [-0.3, -0.25) is 0 Å². The summed E-state index contributed by atoms with van der Waals surface area (Å²) in [5.41, 5.74) is 1.61. The highest BCUT2D eigenvalue weighted by atomic mass is 16.5. The molecular formula is C36H58O4. The maximum Gasteiger partial charge on any atom is 0.338 e. The van der Waals surface area contributed by atoms with Crippen LogP contribution in [0.3, 0.4) is 0 Å². The number of methoxy groups -OCH3 is 1. The molecule has 0 amide bonds. The van der Waals surface area contributed by atoms with Crippen LogP contribution >= 0.6 is 0 Å². The number of carbonyl (C=O) groups is 1. The summed E-state index contributed by atoms with van der Waals surface area (Å²) >= 11 is 0. The molecule has 1 aromatic rings. The van der Waals surface area contributed by atoms with Crippen molar-refractivity contribution in [3.05, 3.63) is 29.8 Å². The molecule has 3 saturated carbocycles. The molecule has 0 spiro atoms. The van der Waals surface area contributed by atoms with Crippen molar-refractivity contribution in [1.29, 1.82) is 0 Å². The largest absolute Gasteiger partial charge is 0.497 e. The molecule has 40 heavy (non-hydrogen) atoms. The van der Waals surface area contributed by atoms with Crippen LogP contribution in [0.5, 0.6) is 5.75 Å². The van der Waals surface area contributed by atoms with Crippen molar-refractivity contribution in [3.8, 4) is 5.75 Å². The molecule has 3 aliphatic rings. The SMILES string of the molecule is CC[C@@H](CC1CCCC2(C)C(CCCOC(=O)c3cccc(OC)c3)CCC12C(C)C)C1C[C@H](O)CCC1(C)C. The molecule has 1 aromatic carbocycles. The van der Waals surface area contributed by atoms with E-state index in [0.29, 0.717) is 57.8 Å². The van der Waals surface area contributed by atoms with Crippen LogP contribution in [0, 0.1) is 45.8 Å². The second-order valence-electron chi connectivity index (χ2n) is 14.9. The van der Waals surface area contributed by atoms with E-state index < -0.39 is 0 Å². The molecule has 4 heteroatoms. The Kier molecular flexibility index (Phi) is 10.0. The first-order chi connectivity index (χ1) is 19.0. The van der Waals surface area contributed by atoms with Crippen LogP contribution in [0.2, 0.25) is 0 Å². The van der Waals surface area contributed by atoms with Gasteiger partial charge in [0.1, 0.15) is 5.75 Å². The van der Waals surface area contributed by atoms with Gasteiger partial charge in [0.15, 0.2) is 0 Å². The first-order valence-corrected chi connectivity index (χ1v) is 16.5. The van der Waals surface area contributed by atoms with Gasteiger partial charge in [0.2, 0.25) is 0 Å². The van der Waals surface area contributed by atoms with Gasteiger partial charge in [-0.15, -0.1) is 0 Å². The fourth-order valence-corrected chi connectivity index (χ4v) is 10.3. The average molecular weight is 555 g/mol. The summed E-state index contributed by atoms with van der Waals surface area (Å²) in [5, 5.41) is 10.6. The molecule has 7 atom stereocenters. The Balaban J connectivity index is 1.43. The van der Waals surface area contributed by atoms with Crippen LogP contribution < -0.4 is 4.74 Å². The molecule has 5 unspecified atom stereocenters. The molecule has 3 aliphatic carbocycles. The van der Waals surface area contributed by atoms with Gasteiger partial charge >= 0.3 is 5.97 Å². The number of ether oxygens (including phenoxy) is 2. The predicted molar refractivity (Wildman–Crippen MR) is 163 cm³/mol. The van der Waals surface area contributed by atoms with Gasteiger partial charge in [0.25, 0.3) is 0 Å². The van der Waals surface area contributed by atoms with E-state index in [2.05, 4.69) is 41.5 Å². The van der Waals surface area contributed by atoms with E-state index in [1.807, 2.05) is 12.1 Å². The van der Waals surface area contributed by atoms with Crippen LogP contribution in [0.4, 0.5) is 0 Å². The predicted octanol–water partition coefficient (Wildman–Crippen LogP) is 9.09. The molecule has 3 fully saturated rings. The van der Waals surface area contributed by atoms with E-state index in [9.17, 15) is 9.90 Å². The van der Waals surface area contributed by atoms with Crippen LogP contribution in [-0.4, -0.2) is 30.9 Å². The van der Waals surface area contributed by atoms with Crippen molar-refractivity contribution in [2.24, 2.45) is 45.8 Å². The molecule has 0 heterocycles. The van der Waals surface area contributed by atoms with Crippen molar-refractivity contribution in [2.45, 2.75) is 125 Å². The fourth-order valence-electron chi connectivity index (χ4n) is 10.3. The molecule has 1 N–H and O–H groups in total. The van der Waals surface area contributed by atoms with E-state index in [1.165, 1.54) is 44.9 Å². The summed E-state index contributed by atoms with van der Waals surface area (Å²) < 4.78 is 11.0. The summed E-state index contributed by atoms with van der Waals surface area (Å²) in [4.78, 5) is 12.6. The minimum Gasteiger partial charge on any atom is -0.497 e. The molecular weight excluding hydrogens is 496 g/mol. The Morgan fingerprint density at radius 1 is 1.07 bits per heavy atom. The van der Waals surface area contributed by atoms with Gasteiger partial charge in [-0.25, -0.2) is 4.79 Å². The van der Waals surface area contributed by atoms with Crippen LogP contribution in [0.25, 0.3) is 0 Å². The maximum absolute atomic E-state index is 12.6. The third kappa shape index (κ3) is 5.99. The number of aliphatic hydroxyl groups is 1. The lowest BCUT2D eigenvalue weighted by Gasteiger charge is -2.59. The van der Waals surface area contributed by atoms with Crippen LogP contribution in [0.15, 0.2) is 24.3 Å². The summed E-state index contributed by atoms with van der Waals surface area (Å²) in [7, 11) is 1.61. The van der Waals surface area contributed by atoms with Crippen molar-refractivity contribution >= 4 is 5.97 Å². The molecule has 4 nitrogen and oxygen atoms in total. The van der Waals surface area contributed by atoms with Gasteiger partial charge in [-0.1, -0.05) is 60.5 Å². The topological polar surface area (TPSA) is 55.8 Å². The second-order valence-corrected chi connectivity index (χ2v) is 14.9. The highest BCUT2D eigenvalue weighted by molar-refractivity contribution is 5.89. The van der Waals surface area contributed by atoms with E-state index >= 15 is 0 Å². The number of benzene rings is 1. The molecule has 0 radical (unpaired) electrons. The van der Waals surface area contributed by atoms with Gasteiger partial charge in [0.05, 0.1) is 25.4 Å². The zero-order valence-electron chi connectivity index (χ0n) is 26.6. The van der Waals surface area contributed by atoms with E-state index in [1.54, 1.807) is 19.2 Å². The van der Waals surface area contributed by atoms with Gasteiger partial charge in [-0.2, -0.15) is 0 Å². The van der Waals surface area contributed by atoms with E-state index in [-0.39, 0.29) is 12.1 Å². The Labute approximate surface area is 245 Å². The van der Waals surface area contributed by atoms with E-state index in [4.69, 9.17) is 9.47 Å². The van der Waals surface area contributed by atoms with Gasteiger partial charge in [0, 0.05) is 0 Å². The smallest absolute Gasteiger partial charge is 0.338 e. The molecule has 0 aliphatic heterocycles. The number of carbonyl (C=O) groups excluding carboxylic acids is 1. The van der Waals surface area contributed by atoms with Crippen LogP contribution in [-0.2, 0) is 4.74 Å². The summed E-state index contributed by atoms with van der Waals surface area (Å²) in [5.74, 6) is 3.87. The van der Waals surface area contributed by atoms with Crippen molar-refractivity contribution < 1.29 is 19.4 Å². The van der Waals surface area contributed by atoms with Crippen LogP contribution in [0.1, 0.15) is 129 Å². The van der Waals surface area contributed by atoms with E-state index in [0.717, 1.165) is 38.0 Å². The molecule has 0 bridgehead atoms. The zero-order valence-corrected chi connectivity index (χ0v) is 26.6. The van der Waals surface area contributed by atoms with Crippen molar-refractivity contribution in [2.75, 3.05) is 13.7 Å². The average Bonchev–Trinajstić information content (AvgIpc) is 3.24. The number of fused-ring (bicyclic) bond motifs is 1. The van der Waals surface area contributed by atoms with Gasteiger partial charge < -0.3 is 14.6 Å². The number of aliphatic hydroxyl groups excluding tert-OH is 1. The minimum absolute atomic E-state index is 0.114. The molecule has 0 aromatic heterocycles. The summed E-state index contributed by atoms with van der Waals surface area (Å²) in [6.45, 7) is 15.4. The monoisotopic (exact) mass is 554 g/mol. The Hall–Kier alpha value is -1.55. The highest BCUT2D eigenvalue weighted by Crippen LogP contribution is 2.70. The first-order valence-electron chi connectivity index (χ1n) is 16.5. The number of esters is 1. The fraction of sp³-hybridized carbons (Fsp3) is 0.806. The lowest BCUT2D eigenvalue weighted by Crippen LogP contribution is -2.52. The second kappa shape index (κ2) is 12.8. The standard InChI is InChI=1S/C36H58O4/c1-8-26(32-24-30(37)17-19-34(32,4)5)22-29-13-10-18-35(6)28(16-20-36(29,35)25(2)3)14-11-21-40-33(38)27-12-9-15-31(23-27)39-7/h9,12,15,23,25-26,28-30,32,37H,8,10-11,13-14,16-22,24H2,1-7H3/t26-,28?,29?,30+,32?,35?,36?/m0/s1. The van der Waals surface area contributed by atoms with Crippen molar-refractivity contribution in [3.63, 3.8) is 0 Å². The number of hydrogen-bond acceptors (Lipinski definition) is 4. The Morgan fingerprint density at radius 2 is 1.85 bits per heavy atom. The summed E-state index contributed by atoms with van der Waals surface area (Å²) in [6, 6.07) is 7.22. The van der Waals surface area contributed by atoms with Gasteiger partial charge in [-0.05, 0) is 128 Å². The third-order valence-electron chi connectivity index (χ3n) is 12.4. The molecule has 226 valence electrons. The lowest BCUT2D eigenvalue weighted by molar-refractivity contribution is -0.103. The zero-order chi connectivity index (χ0) is 29.1. The first kappa shape index (κ1) is 31.4. The molecule has 4 rings (SSSR count). The number of rotatable bonds is 11. The summed E-state index contributed by atoms with van der Waals surface area (Å²) in [6.07, 6.45) is 14.3. The Bertz CT molecular complexity index is 985. The van der Waals surface area contributed by atoms with Crippen molar-refractivity contribution in [1.82, 2.24) is 0 Å². The highest BCUT2D eigenvalue weighted by Gasteiger charge is 2.62. The Morgan fingerprint density at radius 3 is 2.55 bits per heavy atom. The quantitative estimate of drug-likeness (QED) is 0.219. The third-order valence-corrected chi connectivity index (χ3v) is 12.4. The normalized spacial score (nSPS) is 34.3. The molecule has 0 saturated heterocycles. The maximum atomic E-state index is 12.6. The minimum atomic E-state index is -0.257. The lowest BCUT2D eigenvalue weighted by atomic mass is 9.46. The number of hydrogen-bond donors (Lipinski definition) is 1.